The maximum Gasteiger partial charge on any atom is 0.241 e. The Bertz CT molecular complexity index is 428. The molecule has 0 radical (unpaired) electrons. The highest BCUT2D eigenvalue weighted by atomic mass is 32.2. The Morgan fingerprint density at radius 1 is 1.43 bits per heavy atom. The third kappa shape index (κ3) is 2.22. The van der Waals surface area contributed by atoms with Crippen molar-refractivity contribution >= 4 is 10.0 Å². The van der Waals surface area contributed by atoms with Gasteiger partial charge in [-0.1, -0.05) is 6.07 Å². The first-order valence-electron chi connectivity index (χ1n) is 3.89. The lowest BCUT2D eigenvalue weighted by molar-refractivity contribution is 0.402. The molecule has 0 saturated carbocycles. The largest absolute Gasteiger partial charge is 0.495 e. The van der Waals surface area contributed by atoms with E-state index in [4.69, 9.17) is 15.6 Å². The summed E-state index contributed by atoms with van der Waals surface area (Å²) in [5, 5.41) is 4.99. The standard InChI is InChI=1S/C8H12N2O3S/c1-13-7-4-6(5-9)2-3-8(7)14(10,11)12/h2-4H,5,9H2,1H3,(H2,10,11,12). The van der Waals surface area contributed by atoms with E-state index in [9.17, 15) is 8.42 Å². The molecule has 0 aliphatic heterocycles. The van der Waals surface area contributed by atoms with Gasteiger partial charge in [-0.2, -0.15) is 0 Å². The summed E-state index contributed by atoms with van der Waals surface area (Å²) in [6.45, 7) is 0.321. The van der Waals surface area contributed by atoms with Gasteiger partial charge < -0.3 is 10.5 Å². The number of rotatable bonds is 3. The molecule has 0 atom stereocenters. The van der Waals surface area contributed by atoms with Crippen molar-refractivity contribution in [3.05, 3.63) is 23.8 Å². The van der Waals surface area contributed by atoms with Gasteiger partial charge in [-0.15, -0.1) is 0 Å². The van der Waals surface area contributed by atoms with Crippen LogP contribution in [-0.4, -0.2) is 15.5 Å². The van der Waals surface area contributed by atoms with Crippen molar-refractivity contribution in [1.82, 2.24) is 0 Å². The highest BCUT2D eigenvalue weighted by Gasteiger charge is 2.14. The molecule has 0 aromatic heterocycles. The highest BCUT2D eigenvalue weighted by molar-refractivity contribution is 7.89. The van der Waals surface area contributed by atoms with E-state index in [1.54, 1.807) is 12.1 Å². The first-order chi connectivity index (χ1) is 6.49. The van der Waals surface area contributed by atoms with Crippen LogP contribution < -0.4 is 15.6 Å². The van der Waals surface area contributed by atoms with Gasteiger partial charge in [-0.25, -0.2) is 13.6 Å². The molecule has 0 heterocycles. The Kier molecular flexibility index (Phi) is 3.10. The first kappa shape index (κ1) is 11.0. The van der Waals surface area contributed by atoms with Crippen LogP contribution in [0.15, 0.2) is 23.1 Å². The van der Waals surface area contributed by atoms with E-state index >= 15 is 0 Å². The number of primary sulfonamides is 1. The molecule has 0 saturated heterocycles. The Morgan fingerprint density at radius 2 is 2.07 bits per heavy atom. The highest BCUT2D eigenvalue weighted by Crippen LogP contribution is 2.23. The third-order valence-electron chi connectivity index (χ3n) is 1.77. The fraction of sp³-hybridized carbons (Fsp3) is 0.250. The summed E-state index contributed by atoms with van der Waals surface area (Å²) in [5.74, 6) is 0.218. The predicted octanol–water partition coefficient (Wildman–Crippen LogP) is -0.199. The van der Waals surface area contributed by atoms with Crippen molar-refractivity contribution in [3.8, 4) is 5.75 Å². The summed E-state index contributed by atoms with van der Waals surface area (Å²) in [6.07, 6.45) is 0. The quantitative estimate of drug-likeness (QED) is 0.731. The van der Waals surface area contributed by atoms with Crippen LogP contribution in [0.25, 0.3) is 0 Å². The van der Waals surface area contributed by atoms with Crippen molar-refractivity contribution in [2.75, 3.05) is 7.11 Å². The van der Waals surface area contributed by atoms with Gasteiger partial charge >= 0.3 is 0 Å². The van der Waals surface area contributed by atoms with E-state index in [1.807, 2.05) is 0 Å². The molecular weight excluding hydrogens is 204 g/mol. The number of ether oxygens (including phenoxy) is 1. The number of nitrogens with two attached hydrogens (primary N) is 2. The topological polar surface area (TPSA) is 95.4 Å². The van der Waals surface area contributed by atoms with Crippen LogP contribution >= 0.6 is 0 Å². The minimum absolute atomic E-state index is 0.0304. The molecule has 6 heteroatoms. The summed E-state index contributed by atoms with van der Waals surface area (Å²) in [4.78, 5) is -0.0304. The predicted molar refractivity (Wildman–Crippen MR) is 52.3 cm³/mol. The minimum Gasteiger partial charge on any atom is -0.495 e. The van der Waals surface area contributed by atoms with Crippen molar-refractivity contribution in [1.29, 1.82) is 0 Å². The van der Waals surface area contributed by atoms with Gasteiger partial charge in [-0.3, -0.25) is 0 Å². The van der Waals surface area contributed by atoms with Crippen LogP contribution in [0.1, 0.15) is 5.56 Å². The summed E-state index contributed by atoms with van der Waals surface area (Å²) < 4.78 is 27.1. The van der Waals surface area contributed by atoms with Gasteiger partial charge in [0.25, 0.3) is 0 Å². The van der Waals surface area contributed by atoms with Crippen molar-refractivity contribution in [3.63, 3.8) is 0 Å². The molecule has 0 aliphatic carbocycles. The van der Waals surface area contributed by atoms with Crippen molar-refractivity contribution < 1.29 is 13.2 Å². The molecular formula is C8H12N2O3S. The molecule has 5 nitrogen and oxygen atoms in total. The average molecular weight is 216 g/mol. The van der Waals surface area contributed by atoms with Gasteiger partial charge in [0.2, 0.25) is 10.0 Å². The number of methoxy groups -OCH3 is 1. The van der Waals surface area contributed by atoms with Crippen LogP contribution in [0.4, 0.5) is 0 Å². The lowest BCUT2D eigenvalue weighted by atomic mass is 10.2. The Morgan fingerprint density at radius 3 is 2.50 bits per heavy atom. The zero-order valence-corrected chi connectivity index (χ0v) is 8.54. The zero-order valence-electron chi connectivity index (χ0n) is 7.73. The van der Waals surface area contributed by atoms with Crippen LogP contribution in [0.5, 0.6) is 5.75 Å². The normalized spacial score (nSPS) is 11.4. The summed E-state index contributed by atoms with van der Waals surface area (Å²) >= 11 is 0. The number of sulfonamides is 1. The molecule has 4 N–H and O–H groups in total. The average Bonchev–Trinajstić information content (AvgIpc) is 2.15. The molecule has 1 aromatic carbocycles. The Balaban J connectivity index is 3.33. The van der Waals surface area contributed by atoms with Gasteiger partial charge in [0.1, 0.15) is 10.6 Å². The van der Waals surface area contributed by atoms with E-state index in [0.717, 1.165) is 5.56 Å². The fourth-order valence-electron chi connectivity index (χ4n) is 1.07. The van der Waals surface area contributed by atoms with Crippen LogP contribution in [0.2, 0.25) is 0 Å². The molecule has 78 valence electrons. The lowest BCUT2D eigenvalue weighted by Crippen LogP contribution is -2.13. The van der Waals surface area contributed by atoms with E-state index in [2.05, 4.69) is 0 Å². The fourth-order valence-corrected chi connectivity index (χ4v) is 1.75. The molecule has 1 rings (SSSR count). The molecule has 0 aliphatic rings. The van der Waals surface area contributed by atoms with Crippen LogP contribution in [0.3, 0.4) is 0 Å². The van der Waals surface area contributed by atoms with Crippen molar-refractivity contribution in [2.24, 2.45) is 10.9 Å². The maximum atomic E-state index is 11.1. The molecule has 0 unspecified atom stereocenters. The molecule has 14 heavy (non-hydrogen) atoms. The minimum atomic E-state index is -3.74. The molecule has 0 bridgehead atoms. The Hall–Kier alpha value is -1.11. The second kappa shape index (κ2) is 3.95. The second-order valence-corrected chi connectivity index (χ2v) is 4.26. The van der Waals surface area contributed by atoms with Gasteiger partial charge in [0.05, 0.1) is 7.11 Å². The van der Waals surface area contributed by atoms with E-state index in [0.29, 0.717) is 6.54 Å². The van der Waals surface area contributed by atoms with Crippen LogP contribution in [-0.2, 0) is 16.6 Å². The van der Waals surface area contributed by atoms with Crippen LogP contribution in [0, 0.1) is 0 Å². The SMILES string of the molecule is COc1cc(CN)ccc1S(N)(=O)=O. The summed E-state index contributed by atoms with van der Waals surface area (Å²) in [6, 6.07) is 4.54. The summed E-state index contributed by atoms with van der Waals surface area (Å²) in [5.41, 5.74) is 6.18. The van der Waals surface area contributed by atoms with Gasteiger partial charge in [-0.05, 0) is 17.7 Å². The van der Waals surface area contributed by atoms with Gasteiger partial charge in [0, 0.05) is 6.54 Å². The van der Waals surface area contributed by atoms with Crippen molar-refractivity contribution in [2.45, 2.75) is 11.4 Å². The monoisotopic (exact) mass is 216 g/mol. The molecule has 1 aromatic rings. The maximum absolute atomic E-state index is 11.1. The Labute approximate surface area is 82.7 Å². The second-order valence-electron chi connectivity index (χ2n) is 2.73. The zero-order chi connectivity index (χ0) is 10.8. The third-order valence-corrected chi connectivity index (χ3v) is 2.72. The molecule has 0 spiro atoms. The van der Waals surface area contributed by atoms with Gasteiger partial charge in [0.15, 0.2) is 0 Å². The van der Waals surface area contributed by atoms with E-state index in [1.165, 1.54) is 13.2 Å². The number of benzene rings is 1. The van der Waals surface area contributed by atoms with E-state index in [-0.39, 0.29) is 10.6 Å². The van der Waals surface area contributed by atoms with E-state index < -0.39 is 10.0 Å². The lowest BCUT2D eigenvalue weighted by Gasteiger charge is -2.07. The smallest absolute Gasteiger partial charge is 0.241 e. The summed E-state index contributed by atoms with van der Waals surface area (Å²) in [7, 11) is -2.36. The molecule has 0 amide bonds. The first-order valence-corrected chi connectivity index (χ1v) is 5.43. The number of hydrogen-bond acceptors (Lipinski definition) is 4. The number of hydrogen-bond donors (Lipinski definition) is 2. The molecule has 0 fully saturated rings.